The molecular weight excluding hydrogens is 408 g/mol. The summed E-state index contributed by atoms with van der Waals surface area (Å²) in [4.78, 5) is 37.9. The molecule has 0 aliphatic carbocycles. The number of rotatable bonds is 4. The van der Waals surface area contributed by atoms with Gasteiger partial charge in [0.15, 0.2) is 11.3 Å². The van der Waals surface area contributed by atoms with Gasteiger partial charge in [-0.25, -0.2) is 0 Å². The summed E-state index contributed by atoms with van der Waals surface area (Å²) in [7, 11) is 1.70. The molecule has 2 N–H and O–H groups in total. The van der Waals surface area contributed by atoms with Crippen molar-refractivity contribution >= 4 is 28.7 Å². The molecule has 30 heavy (non-hydrogen) atoms. The highest BCUT2D eigenvalue weighted by molar-refractivity contribution is 6.30. The number of fused-ring (bicyclic) bond motifs is 1. The minimum Gasteiger partial charge on any atom is -0.502 e. The lowest BCUT2D eigenvalue weighted by atomic mass is 10.2. The highest BCUT2D eigenvalue weighted by atomic mass is 35.5. The first-order chi connectivity index (χ1) is 14.3. The van der Waals surface area contributed by atoms with Crippen LogP contribution in [0, 0.1) is 0 Å². The maximum atomic E-state index is 12.9. The molecule has 3 aromatic heterocycles. The van der Waals surface area contributed by atoms with Crippen LogP contribution in [0.25, 0.3) is 5.52 Å². The van der Waals surface area contributed by atoms with Gasteiger partial charge in [-0.1, -0.05) is 23.7 Å². The minimum absolute atomic E-state index is 0.136. The van der Waals surface area contributed by atoms with E-state index >= 15 is 0 Å². The van der Waals surface area contributed by atoms with Gasteiger partial charge in [-0.15, -0.1) is 0 Å². The number of nitrogens with zero attached hydrogens (tertiary/aromatic N) is 3. The first-order valence-electron chi connectivity index (χ1n) is 8.99. The maximum absolute atomic E-state index is 12.9. The molecule has 0 spiro atoms. The molecule has 0 saturated heterocycles. The maximum Gasteiger partial charge on any atom is 0.279 e. The molecule has 0 radical (unpaired) electrons. The zero-order valence-electron chi connectivity index (χ0n) is 15.9. The molecule has 4 rings (SSSR count). The summed E-state index contributed by atoms with van der Waals surface area (Å²) < 4.78 is 4.28. The van der Waals surface area contributed by atoms with Crippen LogP contribution in [0.5, 0.6) is 5.75 Å². The summed E-state index contributed by atoms with van der Waals surface area (Å²) >= 11 is 5.99. The van der Waals surface area contributed by atoms with E-state index in [9.17, 15) is 19.5 Å². The average molecular weight is 425 g/mol. The molecule has 9 heteroatoms. The Morgan fingerprint density at radius 2 is 1.93 bits per heavy atom. The lowest BCUT2D eigenvalue weighted by molar-refractivity contribution is 0.101. The van der Waals surface area contributed by atoms with Gasteiger partial charge in [0, 0.05) is 36.9 Å². The largest absolute Gasteiger partial charge is 0.502 e. The number of amides is 1. The second-order valence-electron chi connectivity index (χ2n) is 6.80. The number of hydrogen-bond donors (Lipinski definition) is 2. The third kappa shape index (κ3) is 3.48. The Balaban J connectivity index is 1.74. The molecule has 0 aliphatic heterocycles. The predicted octanol–water partition coefficient (Wildman–Crippen LogP) is 2.46. The van der Waals surface area contributed by atoms with Gasteiger partial charge in [0.25, 0.3) is 11.5 Å². The molecular formula is C21H17ClN4O4. The summed E-state index contributed by atoms with van der Waals surface area (Å²) in [6.45, 7) is 0.218. The molecule has 0 fully saturated rings. The van der Waals surface area contributed by atoms with Crippen molar-refractivity contribution < 1.29 is 9.90 Å². The van der Waals surface area contributed by atoms with Crippen LogP contribution < -0.4 is 16.3 Å². The fourth-order valence-corrected chi connectivity index (χ4v) is 3.45. The predicted molar refractivity (Wildman–Crippen MR) is 114 cm³/mol. The van der Waals surface area contributed by atoms with E-state index in [1.807, 2.05) is 6.07 Å². The van der Waals surface area contributed by atoms with Crippen molar-refractivity contribution in [3.63, 3.8) is 0 Å². The number of aromatic nitrogens is 3. The fraction of sp³-hybridized carbons (Fsp3) is 0.0952. The van der Waals surface area contributed by atoms with Crippen LogP contribution in [0.15, 0.2) is 70.8 Å². The molecule has 0 saturated carbocycles. The van der Waals surface area contributed by atoms with E-state index in [0.717, 1.165) is 5.56 Å². The fourth-order valence-electron chi connectivity index (χ4n) is 3.23. The number of anilines is 1. The molecule has 0 atom stereocenters. The van der Waals surface area contributed by atoms with Crippen molar-refractivity contribution in [2.24, 2.45) is 7.05 Å². The number of pyridine rings is 1. The molecule has 0 unspecified atom stereocenters. The normalized spacial score (nSPS) is 11.0. The Labute approximate surface area is 175 Å². The first-order valence-corrected chi connectivity index (χ1v) is 9.37. The summed E-state index contributed by atoms with van der Waals surface area (Å²) in [5, 5.41) is 13.5. The Kier molecular flexibility index (Phi) is 4.93. The van der Waals surface area contributed by atoms with E-state index in [1.165, 1.54) is 27.6 Å². The number of carbonyl (C=O) groups excluding carboxylic acids is 1. The van der Waals surface area contributed by atoms with E-state index in [1.54, 1.807) is 48.1 Å². The van der Waals surface area contributed by atoms with Crippen LogP contribution in [0.3, 0.4) is 0 Å². The Morgan fingerprint density at radius 3 is 2.63 bits per heavy atom. The van der Waals surface area contributed by atoms with Gasteiger partial charge in [-0.05, 0) is 29.8 Å². The standard InChI is InChI=1S/C21H17ClN4O4/c1-24-7-3-6-16(24)20(29)23-15-12-25-8-9-26(11-13-4-2-5-14(22)10-13)21(30)17(25)19(28)18(15)27/h2-10,12,28H,11H2,1H3,(H,23,29). The van der Waals surface area contributed by atoms with Crippen molar-refractivity contribution in [2.45, 2.75) is 6.54 Å². The van der Waals surface area contributed by atoms with E-state index in [2.05, 4.69) is 5.32 Å². The number of hydrogen-bond acceptors (Lipinski definition) is 4. The van der Waals surface area contributed by atoms with Gasteiger partial charge in [0.2, 0.25) is 5.43 Å². The second kappa shape index (κ2) is 7.57. The smallest absolute Gasteiger partial charge is 0.279 e. The Bertz CT molecular complexity index is 1400. The van der Waals surface area contributed by atoms with Crippen LogP contribution in [0.4, 0.5) is 5.69 Å². The Morgan fingerprint density at radius 1 is 1.13 bits per heavy atom. The zero-order chi connectivity index (χ0) is 21.4. The van der Waals surface area contributed by atoms with E-state index in [0.29, 0.717) is 10.7 Å². The van der Waals surface area contributed by atoms with E-state index in [-0.39, 0.29) is 17.7 Å². The van der Waals surface area contributed by atoms with Crippen molar-refractivity contribution in [3.8, 4) is 5.75 Å². The third-order valence-corrected chi connectivity index (χ3v) is 4.98. The molecule has 0 aliphatic rings. The average Bonchev–Trinajstić information content (AvgIpc) is 3.14. The number of aromatic hydroxyl groups is 1. The van der Waals surface area contributed by atoms with Gasteiger partial charge in [-0.3, -0.25) is 14.4 Å². The quantitative estimate of drug-likeness (QED) is 0.525. The number of carbonyl (C=O) groups is 1. The number of benzene rings is 1. The molecule has 0 bridgehead atoms. The SMILES string of the molecule is Cn1cccc1C(=O)Nc1cn2ccn(Cc3cccc(Cl)c3)c(=O)c2c(O)c1=O. The van der Waals surface area contributed by atoms with Gasteiger partial charge < -0.3 is 24.0 Å². The first kappa shape index (κ1) is 19.5. The summed E-state index contributed by atoms with van der Waals surface area (Å²) in [6.07, 6.45) is 6.06. The molecule has 3 heterocycles. The van der Waals surface area contributed by atoms with Crippen molar-refractivity contribution in [1.29, 1.82) is 0 Å². The topological polar surface area (TPSA) is 97.7 Å². The Hall–Kier alpha value is -3.78. The van der Waals surface area contributed by atoms with Crippen molar-refractivity contribution in [1.82, 2.24) is 13.5 Å². The van der Waals surface area contributed by atoms with E-state index in [4.69, 9.17) is 11.6 Å². The molecule has 1 aromatic carbocycles. The summed E-state index contributed by atoms with van der Waals surface area (Å²) in [5.74, 6) is -1.24. The lowest BCUT2D eigenvalue weighted by Gasteiger charge is -2.12. The lowest BCUT2D eigenvalue weighted by Crippen LogP contribution is -2.26. The van der Waals surface area contributed by atoms with Crippen molar-refractivity contribution in [3.05, 3.63) is 98.0 Å². The van der Waals surface area contributed by atoms with Crippen LogP contribution in [-0.4, -0.2) is 24.5 Å². The summed E-state index contributed by atoms with van der Waals surface area (Å²) in [6, 6.07) is 10.3. The summed E-state index contributed by atoms with van der Waals surface area (Å²) in [5.41, 5.74) is -0.565. The monoisotopic (exact) mass is 424 g/mol. The highest BCUT2D eigenvalue weighted by Gasteiger charge is 2.17. The van der Waals surface area contributed by atoms with E-state index < -0.39 is 22.6 Å². The van der Waals surface area contributed by atoms with Crippen molar-refractivity contribution in [2.75, 3.05) is 5.32 Å². The zero-order valence-corrected chi connectivity index (χ0v) is 16.6. The third-order valence-electron chi connectivity index (χ3n) is 4.75. The van der Waals surface area contributed by atoms with Crippen LogP contribution >= 0.6 is 11.6 Å². The number of aryl methyl sites for hydroxylation is 1. The molecule has 4 aromatic rings. The highest BCUT2D eigenvalue weighted by Crippen LogP contribution is 2.16. The van der Waals surface area contributed by atoms with Crippen LogP contribution in [0.1, 0.15) is 16.1 Å². The van der Waals surface area contributed by atoms with Gasteiger partial charge in [0.1, 0.15) is 11.4 Å². The molecule has 1 amide bonds. The van der Waals surface area contributed by atoms with Gasteiger partial charge >= 0.3 is 0 Å². The molecule has 8 nitrogen and oxygen atoms in total. The van der Waals surface area contributed by atoms with Crippen LogP contribution in [-0.2, 0) is 13.6 Å². The second-order valence-corrected chi connectivity index (χ2v) is 7.23. The number of nitrogens with one attached hydrogen (secondary N) is 1. The minimum atomic E-state index is -0.838. The molecule has 152 valence electrons. The van der Waals surface area contributed by atoms with Gasteiger partial charge in [-0.2, -0.15) is 0 Å². The van der Waals surface area contributed by atoms with Gasteiger partial charge in [0.05, 0.1) is 6.54 Å². The van der Waals surface area contributed by atoms with Crippen LogP contribution in [0.2, 0.25) is 5.02 Å². The number of halogens is 1.